The number of benzene rings is 1. The van der Waals surface area contributed by atoms with Gasteiger partial charge in [0.2, 0.25) is 0 Å². The van der Waals surface area contributed by atoms with Crippen molar-refractivity contribution in [3.05, 3.63) is 59.7 Å². The monoisotopic (exact) mass is 230 g/mol. The third-order valence-electron chi connectivity index (χ3n) is 2.70. The second kappa shape index (κ2) is 4.95. The van der Waals surface area contributed by atoms with Crippen molar-refractivity contribution in [1.29, 1.82) is 0 Å². The van der Waals surface area contributed by atoms with Gasteiger partial charge in [-0.05, 0) is 49.2 Å². The first-order chi connectivity index (χ1) is 8.16. The average Bonchev–Trinajstić information content (AvgIpc) is 2.35. The van der Waals surface area contributed by atoms with Crippen LogP contribution in [0, 0.1) is 12.7 Å². The molecule has 0 saturated carbocycles. The van der Waals surface area contributed by atoms with Crippen molar-refractivity contribution in [2.45, 2.75) is 19.9 Å². The number of aryl methyl sites for hydroxylation is 1. The summed E-state index contributed by atoms with van der Waals surface area (Å²) in [6.07, 6.45) is 3.47. The third-order valence-corrected chi connectivity index (χ3v) is 2.70. The van der Waals surface area contributed by atoms with Gasteiger partial charge in [-0.3, -0.25) is 4.98 Å². The zero-order chi connectivity index (χ0) is 12.3. The number of hydrogen-bond acceptors (Lipinski definition) is 2. The second-order valence-corrected chi connectivity index (χ2v) is 4.13. The number of hydrogen-bond donors (Lipinski definition) is 1. The molecule has 1 heterocycles. The van der Waals surface area contributed by atoms with E-state index in [-0.39, 0.29) is 11.9 Å². The van der Waals surface area contributed by atoms with E-state index >= 15 is 0 Å². The van der Waals surface area contributed by atoms with Gasteiger partial charge in [0.05, 0.1) is 5.69 Å². The molecule has 0 bridgehead atoms. The number of aromatic nitrogens is 1. The normalized spacial score (nSPS) is 12.2. The average molecular weight is 230 g/mol. The van der Waals surface area contributed by atoms with Crippen molar-refractivity contribution in [1.82, 2.24) is 4.98 Å². The summed E-state index contributed by atoms with van der Waals surface area (Å²) < 4.78 is 13.6. The van der Waals surface area contributed by atoms with Gasteiger partial charge >= 0.3 is 0 Å². The van der Waals surface area contributed by atoms with Gasteiger partial charge < -0.3 is 5.32 Å². The largest absolute Gasteiger partial charge is 0.376 e. The molecule has 1 aromatic heterocycles. The maximum Gasteiger partial charge on any atom is 0.146 e. The lowest BCUT2D eigenvalue weighted by Crippen LogP contribution is -2.08. The number of nitrogens with zero attached hydrogens (tertiary/aromatic N) is 1. The molecular weight excluding hydrogens is 215 g/mol. The fraction of sp³-hybridized carbons (Fsp3) is 0.214. The van der Waals surface area contributed by atoms with Crippen LogP contribution in [0.25, 0.3) is 0 Å². The van der Waals surface area contributed by atoms with Gasteiger partial charge in [-0.15, -0.1) is 0 Å². The molecule has 2 nitrogen and oxygen atoms in total. The molecule has 17 heavy (non-hydrogen) atoms. The summed E-state index contributed by atoms with van der Waals surface area (Å²) in [6.45, 7) is 3.94. The molecule has 1 unspecified atom stereocenters. The van der Waals surface area contributed by atoms with Crippen LogP contribution in [0.4, 0.5) is 10.1 Å². The van der Waals surface area contributed by atoms with Crippen LogP contribution in [0.1, 0.15) is 24.1 Å². The SMILES string of the molecule is Cc1ccc(F)c(NC(C)c2ccncc2)c1. The lowest BCUT2D eigenvalue weighted by atomic mass is 10.1. The molecule has 0 amide bonds. The first kappa shape index (κ1) is 11.6. The molecule has 0 aliphatic heterocycles. The third kappa shape index (κ3) is 2.81. The van der Waals surface area contributed by atoms with E-state index in [2.05, 4.69) is 10.3 Å². The van der Waals surface area contributed by atoms with E-state index in [1.54, 1.807) is 18.5 Å². The Hall–Kier alpha value is -1.90. The van der Waals surface area contributed by atoms with Crippen LogP contribution >= 0.6 is 0 Å². The van der Waals surface area contributed by atoms with Crippen molar-refractivity contribution >= 4 is 5.69 Å². The molecule has 2 rings (SSSR count). The van der Waals surface area contributed by atoms with Crippen LogP contribution in [0.2, 0.25) is 0 Å². The molecular formula is C14H15FN2. The zero-order valence-corrected chi connectivity index (χ0v) is 9.94. The molecule has 0 saturated heterocycles. The van der Waals surface area contributed by atoms with Gasteiger partial charge in [-0.2, -0.15) is 0 Å². The van der Waals surface area contributed by atoms with Crippen molar-refractivity contribution < 1.29 is 4.39 Å². The molecule has 1 atom stereocenters. The van der Waals surface area contributed by atoms with E-state index in [0.717, 1.165) is 11.1 Å². The minimum Gasteiger partial charge on any atom is -0.376 e. The molecule has 1 aromatic carbocycles. The lowest BCUT2D eigenvalue weighted by Gasteiger charge is -2.16. The number of halogens is 1. The van der Waals surface area contributed by atoms with Crippen molar-refractivity contribution in [2.24, 2.45) is 0 Å². The number of nitrogens with one attached hydrogen (secondary N) is 1. The van der Waals surface area contributed by atoms with E-state index in [1.165, 1.54) is 6.07 Å². The standard InChI is InChI=1S/C14H15FN2/c1-10-3-4-13(15)14(9-10)17-11(2)12-5-7-16-8-6-12/h3-9,11,17H,1-2H3. The molecule has 0 radical (unpaired) electrons. The number of pyridine rings is 1. The Labute approximate surface area is 101 Å². The molecule has 0 spiro atoms. The maximum absolute atomic E-state index is 13.6. The summed E-state index contributed by atoms with van der Waals surface area (Å²) in [4.78, 5) is 3.96. The Kier molecular flexibility index (Phi) is 3.38. The van der Waals surface area contributed by atoms with Gasteiger partial charge in [0.25, 0.3) is 0 Å². The maximum atomic E-state index is 13.6. The molecule has 88 valence electrons. The van der Waals surface area contributed by atoms with E-state index in [9.17, 15) is 4.39 Å². The fourth-order valence-corrected chi connectivity index (χ4v) is 1.72. The predicted molar refractivity (Wildman–Crippen MR) is 67.4 cm³/mol. The molecule has 0 aliphatic rings. The topological polar surface area (TPSA) is 24.9 Å². The van der Waals surface area contributed by atoms with Crippen molar-refractivity contribution in [3.8, 4) is 0 Å². The molecule has 0 fully saturated rings. The van der Waals surface area contributed by atoms with Gasteiger partial charge in [-0.1, -0.05) is 6.07 Å². The van der Waals surface area contributed by atoms with E-state index in [1.807, 2.05) is 32.0 Å². The predicted octanol–water partition coefficient (Wildman–Crippen LogP) is 3.70. The first-order valence-electron chi connectivity index (χ1n) is 5.59. The highest BCUT2D eigenvalue weighted by Crippen LogP contribution is 2.22. The van der Waals surface area contributed by atoms with Crippen LogP contribution in [-0.4, -0.2) is 4.98 Å². The van der Waals surface area contributed by atoms with Gasteiger partial charge in [-0.25, -0.2) is 4.39 Å². The lowest BCUT2D eigenvalue weighted by molar-refractivity contribution is 0.627. The highest BCUT2D eigenvalue weighted by atomic mass is 19.1. The van der Waals surface area contributed by atoms with E-state index in [0.29, 0.717) is 5.69 Å². The van der Waals surface area contributed by atoms with Crippen LogP contribution in [-0.2, 0) is 0 Å². The molecule has 2 aromatic rings. The summed E-state index contributed by atoms with van der Waals surface area (Å²) in [5, 5.41) is 3.16. The Bertz CT molecular complexity index is 497. The van der Waals surface area contributed by atoms with Crippen LogP contribution in [0.15, 0.2) is 42.7 Å². The summed E-state index contributed by atoms with van der Waals surface area (Å²) in [5.74, 6) is -0.225. The second-order valence-electron chi connectivity index (χ2n) is 4.13. The minimum atomic E-state index is -0.225. The van der Waals surface area contributed by atoms with Crippen molar-refractivity contribution in [3.63, 3.8) is 0 Å². The Morgan fingerprint density at radius 2 is 1.88 bits per heavy atom. The fourth-order valence-electron chi connectivity index (χ4n) is 1.72. The van der Waals surface area contributed by atoms with Crippen LogP contribution in [0.5, 0.6) is 0 Å². The van der Waals surface area contributed by atoms with Crippen LogP contribution in [0.3, 0.4) is 0 Å². The van der Waals surface area contributed by atoms with Gasteiger partial charge in [0.15, 0.2) is 0 Å². The molecule has 0 aliphatic carbocycles. The summed E-state index contributed by atoms with van der Waals surface area (Å²) in [6, 6.07) is 8.95. The number of anilines is 1. The highest BCUT2D eigenvalue weighted by Gasteiger charge is 2.08. The highest BCUT2D eigenvalue weighted by molar-refractivity contribution is 5.48. The Morgan fingerprint density at radius 1 is 1.18 bits per heavy atom. The summed E-state index contributed by atoms with van der Waals surface area (Å²) in [7, 11) is 0. The Balaban J connectivity index is 2.18. The van der Waals surface area contributed by atoms with Gasteiger partial charge in [0.1, 0.15) is 5.82 Å². The van der Waals surface area contributed by atoms with Crippen molar-refractivity contribution in [2.75, 3.05) is 5.32 Å². The van der Waals surface area contributed by atoms with Crippen LogP contribution < -0.4 is 5.32 Å². The zero-order valence-electron chi connectivity index (χ0n) is 9.94. The first-order valence-corrected chi connectivity index (χ1v) is 5.59. The molecule has 1 N–H and O–H groups in total. The quantitative estimate of drug-likeness (QED) is 0.869. The van der Waals surface area contributed by atoms with Gasteiger partial charge in [0, 0.05) is 18.4 Å². The minimum absolute atomic E-state index is 0.0503. The number of rotatable bonds is 3. The Morgan fingerprint density at radius 3 is 2.59 bits per heavy atom. The summed E-state index contributed by atoms with van der Waals surface area (Å²) >= 11 is 0. The van der Waals surface area contributed by atoms with E-state index in [4.69, 9.17) is 0 Å². The molecule has 3 heteroatoms. The smallest absolute Gasteiger partial charge is 0.146 e. The summed E-state index contributed by atoms with van der Waals surface area (Å²) in [5.41, 5.74) is 2.66. The van der Waals surface area contributed by atoms with E-state index < -0.39 is 0 Å².